The number of benzene rings is 1. The van der Waals surface area contributed by atoms with E-state index in [-0.39, 0.29) is 23.8 Å². The van der Waals surface area contributed by atoms with Gasteiger partial charge in [0.05, 0.1) is 30.3 Å². The van der Waals surface area contributed by atoms with Crippen LogP contribution in [0, 0.1) is 11.3 Å². The van der Waals surface area contributed by atoms with Crippen LogP contribution in [0.25, 0.3) is 0 Å². The SMILES string of the molecule is COC(=O)c1ccccc1NC(=O)c1c(NC(=O)CCC(=O)O)sc2c1CC[C@H](C(C)(C)C)C2. The van der Waals surface area contributed by atoms with Gasteiger partial charge in [0.1, 0.15) is 5.00 Å². The van der Waals surface area contributed by atoms with Gasteiger partial charge in [-0.2, -0.15) is 0 Å². The fourth-order valence-electron chi connectivity index (χ4n) is 4.13. The Morgan fingerprint density at radius 3 is 2.47 bits per heavy atom. The third-order valence-corrected chi connectivity index (χ3v) is 7.29. The molecule has 1 aliphatic carbocycles. The highest BCUT2D eigenvalue weighted by atomic mass is 32.1. The Hall–Kier alpha value is -3.20. The summed E-state index contributed by atoms with van der Waals surface area (Å²) in [5.41, 5.74) is 1.91. The van der Waals surface area contributed by atoms with Gasteiger partial charge in [-0.25, -0.2) is 4.79 Å². The molecular formula is C25H30N2O6S. The van der Waals surface area contributed by atoms with E-state index < -0.39 is 23.8 Å². The highest BCUT2D eigenvalue weighted by Gasteiger charge is 2.34. The molecule has 0 saturated heterocycles. The summed E-state index contributed by atoms with van der Waals surface area (Å²) in [6.45, 7) is 6.59. The Kier molecular flexibility index (Phi) is 7.76. The van der Waals surface area contributed by atoms with Gasteiger partial charge in [-0.1, -0.05) is 32.9 Å². The molecule has 0 spiro atoms. The van der Waals surface area contributed by atoms with E-state index in [0.717, 1.165) is 23.3 Å². The monoisotopic (exact) mass is 486 g/mol. The number of hydrogen-bond acceptors (Lipinski definition) is 6. The van der Waals surface area contributed by atoms with Crippen molar-refractivity contribution in [2.45, 2.75) is 52.9 Å². The predicted octanol–water partition coefficient (Wildman–Crippen LogP) is 4.74. The minimum absolute atomic E-state index is 0.106. The maximum atomic E-state index is 13.5. The van der Waals surface area contributed by atoms with Gasteiger partial charge in [0, 0.05) is 11.3 Å². The molecule has 182 valence electrons. The highest BCUT2D eigenvalue weighted by molar-refractivity contribution is 7.17. The topological polar surface area (TPSA) is 122 Å². The average molecular weight is 487 g/mol. The van der Waals surface area contributed by atoms with Crippen LogP contribution in [0.3, 0.4) is 0 Å². The molecule has 0 bridgehead atoms. The molecule has 1 atom stereocenters. The molecule has 1 aliphatic rings. The molecule has 9 heteroatoms. The Balaban J connectivity index is 1.96. The number of nitrogens with one attached hydrogen (secondary N) is 2. The van der Waals surface area contributed by atoms with Crippen molar-refractivity contribution in [3.63, 3.8) is 0 Å². The molecule has 0 fully saturated rings. The van der Waals surface area contributed by atoms with E-state index in [1.165, 1.54) is 18.4 Å². The maximum absolute atomic E-state index is 13.5. The first-order chi connectivity index (χ1) is 16.0. The Labute approximate surface area is 202 Å². The van der Waals surface area contributed by atoms with Crippen LogP contribution in [-0.2, 0) is 27.2 Å². The molecule has 1 aromatic heterocycles. The first-order valence-corrected chi connectivity index (χ1v) is 12.0. The Morgan fingerprint density at radius 2 is 1.82 bits per heavy atom. The number of hydrogen-bond donors (Lipinski definition) is 3. The molecule has 1 heterocycles. The van der Waals surface area contributed by atoms with Gasteiger partial charge in [0.15, 0.2) is 0 Å². The molecule has 0 saturated carbocycles. The van der Waals surface area contributed by atoms with Crippen LogP contribution >= 0.6 is 11.3 Å². The molecule has 0 aliphatic heterocycles. The number of methoxy groups -OCH3 is 1. The van der Waals surface area contributed by atoms with Gasteiger partial charge in [-0.3, -0.25) is 14.4 Å². The molecule has 34 heavy (non-hydrogen) atoms. The molecule has 0 unspecified atom stereocenters. The minimum Gasteiger partial charge on any atom is -0.481 e. The predicted molar refractivity (Wildman–Crippen MR) is 131 cm³/mol. The number of esters is 1. The van der Waals surface area contributed by atoms with Crippen molar-refractivity contribution < 1.29 is 29.0 Å². The van der Waals surface area contributed by atoms with E-state index in [1.807, 2.05) is 0 Å². The highest BCUT2D eigenvalue weighted by Crippen LogP contribution is 2.44. The Bertz CT molecular complexity index is 1120. The normalized spacial score (nSPS) is 15.2. The maximum Gasteiger partial charge on any atom is 0.339 e. The number of anilines is 2. The van der Waals surface area contributed by atoms with Crippen molar-refractivity contribution in [1.82, 2.24) is 0 Å². The zero-order valence-electron chi connectivity index (χ0n) is 19.8. The smallest absolute Gasteiger partial charge is 0.339 e. The van der Waals surface area contributed by atoms with Crippen LogP contribution in [0.2, 0.25) is 0 Å². The van der Waals surface area contributed by atoms with Gasteiger partial charge in [0.2, 0.25) is 5.91 Å². The van der Waals surface area contributed by atoms with Crippen LogP contribution in [0.4, 0.5) is 10.7 Å². The van der Waals surface area contributed by atoms with E-state index >= 15 is 0 Å². The number of thiophene rings is 1. The van der Waals surface area contributed by atoms with Crippen LogP contribution in [-0.4, -0.2) is 36.0 Å². The average Bonchev–Trinajstić information content (AvgIpc) is 3.14. The van der Waals surface area contributed by atoms with Crippen molar-refractivity contribution in [2.24, 2.45) is 11.3 Å². The number of carboxylic acid groups (broad SMARTS) is 1. The zero-order chi connectivity index (χ0) is 25.0. The molecular weight excluding hydrogens is 456 g/mol. The number of carbonyl (C=O) groups excluding carboxylic acids is 3. The number of fused-ring (bicyclic) bond motifs is 1. The lowest BCUT2D eigenvalue weighted by Gasteiger charge is -2.33. The molecule has 1 aromatic carbocycles. The third kappa shape index (κ3) is 5.83. The third-order valence-electron chi connectivity index (χ3n) is 6.12. The largest absolute Gasteiger partial charge is 0.481 e. The number of aliphatic carboxylic acids is 1. The van der Waals surface area contributed by atoms with Crippen molar-refractivity contribution >= 4 is 45.8 Å². The summed E-state index contributed by atoms with van der Waals surface area (Å²) in [5, 5.41) is 14.9. The fourth-order valence-corrected chi connectivity index (χ4v) is 5.47. The van der Waals surface area contributed by atoms with Crippen LogP contribution < -0.4 is 10.6 Å². The molecule has 2 amide bonds. The minimum atomic E-state index is -1.06. The van der Waals surface area contributed by atoms with Crippen molar-refractivity contribution in [3.8, 4) is 0 Å². The van der Waals surface area contributed by atoms with Crippen molar-refractivity contribution in [3.05, 3.63) is 45.8 Å². The van der Waals surface area contributed by atoms with E-state index in [0.29, 0.717) is 28.6 Å². The number of carbonyl (C=O) groups is 4. The summed E-state index contributed by atoms with van der Waals surface area (Å²) in [5.74, 6) is -2.09. The number of rotatable bonds is 7. The van der Waals surface area contributed by atoms with Crippen LogP contribution in [0.1, 0.15) is 71.2 Å². The van der Waals surface area contributed by atoms with E-state index in [9.17, 15) is 19.2 Å². The van der Waals surface area contributed by atoms with Crippen molar-refractivity contribution in [2.75, 3.05) is 17.7 Å². The summed E-state index contributed by atoms with van der Waals surface area (Å²) in [6.07, 6.45) is 1.93. The Morgan fingerprint density at radius 1 is 1.12 bits per heavy atom. The van der Waals surface area contributed by atoms with E-state index in [2.05, 4.69) is 31.4 Å². The number of amides is 2. The lowest BCUT2D eigenvalue weighted by molar-refractivity contribution is -0.138. The summed E-state index contributed by atoms with van der Waals surface area (Å²) >= 11 is 1.37. The second-order valence-corrected chi connectivity index (χ2v) is 10.6. The quantitative estimate of drug-likeness (QED) is 0.486. The van der Waals surface area contributed by atoms with Crippen LogP contribution in [0.5, 0.6) is 0 Å². The van der Waals surface area contributed by atoms with Gasteiger partial charge in [-0.15, -0.1) is 11.3 Å². The summed E-state index contributed by atoms with van der Waals surface area (Å²) in [4.78, 5) is 49.9. The second-order valence-electron chi connectivity index (χ2n) is 9.45. The van der Waals surface area contributed by atoms with Gasteiger partial charge >= 0.3 is 11.9 Å². The molecule has 8 nitrogen and oxygen atoms in total. The molecule has 3 rings (SSSR count). The van der Waals surface area contributed by atoms with E-state index in [4.69, 9.17) is 9.84 Å². The molecule has 0 radical (unpaired) electrons. The first kappa shape index (κ1) is 25.4. The van der Waals surface area contributed by atoms with E-state index in [1.54, 1.807) is 24.3 Å². The zero-order valence-corrected chi connectivity index (χ0v) is 20.6. The molecule has 2 aromatic rings. The number of carboxylic acids is 1. The standard InChI is InChI=1S/C25H30N2O6S/c1-25(2,3)14-9-10-16-18(13-14)34-23(27-19(28)11-12-20(29)30)21(16)22(31)26-17-8-6-5-7-15(17)24(32)33-4/h5-8,14H,9-13H2,1-4H3,(H,26,31)(H,27,28)(H,29,30)/t14-/m0/s1. The fraction of sp³-hybridized carbons (Fsp3) is 0.440. The molecule has 3 N–H and O–H groups in total. The van der Waals surface area contributed by atoms with Crippen LogP contribution in [0.15, 0.2) is 24.3 Å². The van der Waals surface area contributed by atoms with Gasteiger partial charge in [-0.05, 0) is 48.3 Å². The van der Waals surface area contributed by atoms with Gasteiger partial charge < -0.3 is 20.5 Å². The van der Waals surface area contributed by atoms with Crippen molar-refractivity contribution in [1.29, 1.82) is 0 Å². The summed E-state index contributed by atoms with van der Waals surface area (Å²) < 4.78 is 4.81. The lowest BCUT2D eigenvalue weighted by Crippen LogP contribution is -2.27. The second kappa shape index (κ2) is 10.4. The lowest BCUT2D eigenvalue weighted by atomic mass is 9.72. The number of ether oxygens (including phenoxy) is 1. The van der Waals surface area contributed by atoms with Gasteiger partial charge in [0.25, 0.3) is 5.91 Å². The first-order valence-electron chi connectivity index (χ1n) is 11.2. The summed E-state index contributed by atoms with van der Waals surface area (Å²) in [7, 11) is 1.27. The summed E-state index contributed by atoms with van der Waals surface area (Å²) in [6, 6.07) is 6.56. The number of para-hydroxylation sites is 1.